The van der Waals surface area contributed by atoms with Crippen molar-refractivity contribution in [3.8, 4) is 17.2 Å². The summed E-state index contributed by atoms with van der Waals surface area (Å²) in [7, 11) is 4.67. The first kappa shape index (κ1) is 20.7. The van der Waals surface area contributed by atoms with Gasteiger partial charge in [-0.15, -0.1) is 0 Å². The first-order valence-corrected chi connectivity index (χ1v) is 9.99. The van der Waals surface area contributed by atoms with Gasteiger partial charge in [0.15, 0.2) is 16.6 Å². The predicted octanol–water partition coefficient (Wildman–Crippen LogP) is 4.70. The minimum atomic E-state index is -0.141. The predicted molar refractivity (Wildman–Crippen MR) is 118 cm³/mol. The second-order valence-electron chi connectivity index (χ2n) is 6.29. The number of anilines is 1. The average molecular weight is 413 g/mol. The highest BCUT2D eigenvalue weighted by Gasteiger charge is 2.17. The molecule has 0 aliphatic carbocycles. The highest BCUT2D eigenvalue weighted by atomic mass is 32.1. The molecular formula is C22H24N2O4S. The molecule has 1 aromatic heterocycles. The summed E-state index contributed by atoms with van der Waals surface area (Å²) in [5.41, 5.74) is 2.80. The lowest BCUT2D eigenvalue weighted by Gasteiger charge is -2.15. The van der Waals surface area contributed by atoms with E-state index in [1.807, 2.05) is 32.0 Å². The molecule has 0 saturated carbocycles. The molecule has 2 aromatic carbocycles. The zero-order chi connectivity index (χ0) is 21.0. The van der Waals surface area contributed by atoms with Crippen molar-refractivity contribution >= 4 is 38.7 Å². The topological polar surface area (TPSA) is 60.9 Å². The van der Waals surface area contributed by atoms with Crippen LogP contribution in [0.15, 0.2) is 36.4 Å². The van der Waals surface area contributed by atoms with Crippen LogP contribution in [-0.2, 0) is 4.79 Å². The van der Waals surface area contributed by atoms with Gasteiger partial charge in [0.25, 0.3) is 5.91 Å². The Hall–Kier alpha value is -3.06. The Morgan fingerprint density at radius 3 is 2.38 bits per heavy atom. The fourth-order valence-electron chi connectivity index (χ4n) is 3.03. The fourth-order valence-corrected chi connectivity index (χ4v) is 4.14. The molecule has 6 nitrogen and oxygen atoms in total. The normalized spacial score (nSPS) is 11.1. The second-order valence-corrected chi connectivity index (χ2v) is 7.30. The van der Waals surface area contributed by atoms with Crippen LogP contribution < -0.4 is 19.1 Å². The summed E-state index contributed by atoms with van der Waals surface area (Å²) in [5, 5.41) is 0.691. The summed E-state index contributed by atoms with van der Waals surface area (Å²) in [5.74, 6) is 1.44. The Bertz CT molecular complexity index is 1030. The maximum Gasteiger partial charge on any atom is 0.252 e. The minimum absolute atomic E-state index is 0.141. The van der Waals surface area contributed by atoms with Crippen molar-refractivity contribution in [1.82, 2.24) is 4.98 Å². The van der Waals surface area contributed by atoms with Crippen LogP contribution in [0.2, 0.25) is 0 Å². The molecule has 152 valence electrons. The number of carbonyl (C=O) groups excluding carboxylic acids is 1. The molecule has 1 heterocycles. The van der Waals surface area contributed by atoms with Gasteiger partial charge in [-0.05, 0) is 49.2 Å². The van der Waals surface area contributed by atoms with E-state index in [0.29, 0.717) is 28.9 Å². The number of nitrogens with zero attached hydrogens (tertiary/aromatic N) is 2. The van der Waals surface area contributed by atoms with E-state index in [1.54, 1.807) is 44.4 Å². The smallest absolute Gasteiger partial charge is 0.252 e. The molecule has 0 aliphatic heterocycles. The number of thiazole rings is 1. The lowest BCUT2D eigenvalue weighted by molar-refractivity contribution is -0.114. The van der Waals surface area contributed by atoms with E-state index in [2.05, 4.69) is 4.98 Å². The average Bonchev–Trinajstić information content (AvgIpc) is 3.17. The molecule has 29 heavy (non-hydrogen) atoms. The molecule has 0 radical (unpaired) electrons. The molecule has 0 bridgehead atoms. The van der Waals surface area contributed by atoms with Crippen LogP contribution in [-0.4, -0.2) is 38.8 Å². The zero-order valence-corrected chi connectivity index (χ0v) is 18.0. The third-order valence-corrected chi connectivity index (χ3v) is 5.57. The summed E-state index contributed by atoms with van der Waals surface area (Å²) < 4.78 is 17.1. The van der Waals surface area contributed by atoms with Gasteiger partial charge in [-0.2, -0.15) is 0 Å². The van der Waals surface area contributed by atoms with Crippen molar-refractivity contribution in [2.24, 2.45) is 0 Å². The van der Waals surface area contributed by atoms with Gasteiger partial charge in [0.05, 0.1) is 31.5 Å². The quantitative estimate of drug-likeness (QED) is 0.527. The number of hydrogen-bond donors (Lipinski definition) is 0. The molecule has 3 rings (SSSR count). The van der Waals surface area contributed by atoms with Crippen molar-refractivity contribution in [1.29, 1.82) is 0 Å². The van der Waals surface area contributed by atoms with Gasteiger partial charge < -0.3 is 14.2 Å². The van der Waals surface area contributed by atoms with Crippen molar-refractivity contribution in [3.63, 3.8) is 0 Å². The van der Waals surface area contributed by atoms with E-state index in [4.69, 9.17) is 14.2 Å². The minimum Gasteiger partial charge on any atom is -0.493 e. The molecule has 0 atom stereocenters. The number of aromatic nitrogens is 1. The second kappa shape index (κ2) is 8.96. The zero-order valence-electron chi connectivity index (χ0n) is 17.2. The number of fused-ring (bicyclic) bond motifs is 1. The number of aryl methyl sites for hydroxylation is 1. The number of rotatable bonds is 7. The first-order valence-electron chi connectivity index (χ1n) is 9.18. The Labute approximate surface area is 174 Å². The Morgan fingerprint density at radius 1 is 1.14 bits per heavy atom. The lowest BCUT2D eigenvalue weighted by atomic mass is 10.1. The van der Waals surface area contributed by atoms with E-state index >= 15 is 0 Å². The molecule has 0 unspecified atom stereocenters. The van der Waals surface area contributed by atoms with Crippen molar-refractivity contribution in [2.45, 2.75) is 13.8 Å². The monoisotopic (exact) mass is 412 g/mol. The summed E-state index contributed by atoms with van der Waals surface area (Å²) in [6.07, 6.45) is 3.26. The van der Waals surface area contributed by atoms with Crippen molar-refractivity contribution in [2.75, 3.05) is 32.8 Å². The van der Waals surface area contributed by atoms with E-state index in [1.165, 1.54) is 17.4 Å². The molecule has 0 aliphatic rings. The maximum absolute atomic E-state index is 12.9. The number of hydrogen-bond acceptors (Lipinski definition) is 6. The third kappa shape index (κ3) is 4.19. The molecule has 0 spiro atoms. The van der Waals surface area contributed by atoms with Gasteiger partial charge in [0.2, 0.25) is 5.75 Å². The number of ether oxygens (including phenoxy) is 3. The van der Waals surface area contributed by atoms with Gasteiger partial charge in [-0.3, -0.25) is 9.69 Å². The number of carbonyl (C=O) groups is 1. The van der Waals surface area contributed by atoms with Crippen LogP contribution in [0.25, 0.3) is 16.3 Å². The van der Waals surface area contributed by atoms with E-state index < -0.39 is 0 Å². The van der Waals surface area contributed by atoms with Crippen molar-refractivity contribution in [3.05, 3.63) is 47.5 Å². The number of amides is 1. The van der Waals surface area contributed by atoms with Gasteiger partial charge in [0, 0.05) is 12.6 Å². The Balaban J connectivity index is 1.89. The first-order chi connectivity index (χ1) is 14.0. The summed E-state index contributed by atoms with van der Waals surface area (Å²) >= 11 is 1.51. The SMILES string of the molecule is CCN(C(=O)/C=C/c1cc(OC)c(OC)c(OC)c1)c1nc2c(C)cccc2s1. The van der Waals surface area contributed by atoms with Gasteiger partial charge >= 0.3 is 0 Å². The third-order valence-electron chi connectivity index (χ3n) is 4.53. The molecule has 3 aromatic rings. The molecule has 0 saturated heterocycles. The van der Waals surface area contributed by atoms with Crippen molar-refractivity contribution < 1.29 is 19.0 Å². The van der Waals surface area contributed by atoms with Gasteiger partial charge in [0.1, 0.15) is 0 Å². The van der Waals surface area contributed by atoms with Crippen LogP contribution in [0.1, 0.15) is 18.1 Å². The van der Waals surface area contributed by atoms with Gasteiger partial charge in [-0.1, -0.05) is 23.5 Å². The lowest BCUT2D eigenvalue weighted by Crippen LogP contribution is -2.28. The highest BCUT2D eigenvalue weighted by Crippen LogP contribution is 2.38. The molecule has 7 heteroatoms. The number of para-hydroxylation sites is 1. The van der Waals surface area contributed by atoms with Crippen LogP contribution in [0, 0.1) is 6.92 Å². The van der Waals surface area contributed by atoms with Gasteiger partial charge in [-0.25, -0.2) is 4.98 Å². The maximum atomic E-state index is 12.9. The standard InChI is InChI=1S/C22H24N2O4S/c1-6-24(22-23-20-14(2)8-7-9-18(20)29-22)19(25)11-10-15-12-16(26-3)21(28-5)17(13-15)27-4/h7-13H,6H2,1-5H3/b11-10+. The molecule has 1 amide bonds. The van der Waals surface area contributed by atoms with Crippen LogP contribution >= 0.6 is 11.3 Å². The largest absolute Gasteiger partial charge is 0.493 e. The van der Waals surface area contributed by atoms with Crippen LogP contribution in [0.4, 0.5) is 5.13 Å². The van der Waals surface area contributed by atoms with E-state index in [-0.39, 0.29) is 5.91 Å². The molecular weight excluding hydrogens is 388 g/mol. The molecule has 0 N–H and O–H groups in total. The van der Waals surface area contributed by atoms with E-state index in [0.717, 1.165) is 21.3 Å². The highest BCUT2D eigenvalue weighted by molar-refractivity contribution is 7.22. The Morgan fingerprint density at radius 2 is 1.83 bits per heavy atom. The summed E-state index contributed by atoms with van der Waals surface area (Å²) in [6, 6.07) is 9.63. The summed E-state index contributed by atoms with van der Waals surface area (Å²) in [4.78, 5) is 19.2. The van der Waals surface area contributed by atoms with E-state index in [9.17, 15) is 4.79 Å². The number of methoxy groups -OCH3 is 3. The summed E-state index contributed by atoms with van der Waals surface area (Å²) in [6.45, 7) is 4.48. The van der Waals surface area contributed by atoms with Crippen LogP contribution in [0.3, 0.4) is 0 Å². The number of benzene rings is 2. The molecule has 0 fully saturated rings. The number of likely N-dealkylation sites (N-methyl/N-ethyl adjacent to an activating group) is 1. The fraction of sp³-hybridized carbons (Fsp3) is 0.273. The Kier molecular flexibility index (Phi) is 6.39. The van der Waals surface area contributed by atoms with Crippen LogP contribution in [0.5, 0.6) is 17.2 Å².